The molecule has 7 heteroatoms. The van der Waals surface area contributed by atoms with Gasteiger partial charge in [-0.15, -0.1) is 0 Å². The van der Waals surface area contributed by atoms with Gasteiger partial charge in [-0.3, -0.25) is 9.69 Å². The van der Waals surface area contributed by atoms with Gasteiger partial charge in [0.2, 0.25) is 5.75 Å². The van der Waals surface area contributed by atoms with Crippen molar-refractivity contribution in [1.82, 2.24) is 4.90 Å². The number of rotatable bonds is 3. The van der Waals surface area contributed by atoms with Gasteiger partial charge in [-0.2, -0.15) is 0 Å². The first kappa shape index (κ1) is 18.2. The Morgan fingerprint density at radius 2 is 1.86 bits per heavy atom. The van der Waals surface area contributed by atoms with Gasteiger partial charge in [-0.1, -0.05) is 0 Å². The molecule has 1 aromatic heterocycles. The number of ether oxygens (including phenoxy) is 1. The number of phenols is 3. The van der Waals surface area contributed by atoms with Crippen LogP contribution in [0.1, 0.15) is 24.4 Å². The van der Waals surface area contributed by atoms with Crippen LogP contribution in [0, 0.1) is 0 Å². The van der Waals surface area contributed by atoms with E-state index in [2.05, 4.69) is 4.90 Å². The van der Waals surface area contributed by atoms with Gasteiger partial charge in [0.15, 0.2) is 22.5 Å². The number of methoxy groups -OCH3 is 1. The van der Waals surface area contributed by atoms with Gasteiger partial charge in [0.05, 0.1) is 12.7 Å². The van der Waals surface area contributed by atoms with Crippen LogP contribution in [0.15, 0.2) is 39.5 Å². The second kappa shape index (κ2) is 6.76. The van der Waals surface area contributed by atoms with Crippen LogP contribution >= 0.6 is 0 Å². The van der Waals surface area contributed by atoms with Crippen molar-refractivity contribution in [3.63, 3.8) is 0 Å². The number of hydrogen-bond acceptors (Lipinski definition) is 7. The van der Waals surface area contributed by atoms with E-state index < -0.39 is 11.2 Å². The molecule has 0 radical (unpaired) electrons. The molecule has 7 nitrogen and oxygen atoms in total. The molecule has 0 amide bonds. The van der Waals surface area contributed by atoms with Crippen molar-refractivity contribution in [2.24, 2.45) is 0 Å². The molecule has 0 aliphatic carbocycles. The summed E-state index contributed by atoms with van der Waals surface area (Å²) in [6.07, 6.45) is 1.72. The number of aromatic hydroxyl groups is 3. The zero-order chi connectivity index (χ0) is 20.0. The Morgan fingerprint density at radius 1 is 1.14 bits per heavy atom. The first-order valence-corrected chi connectivity index (χ1v) is 9.01. The summed E-state index contributed by atoms with van der Waals surface area (Å²) < 4.78 is 11.2. The molecule has 1 fully saturated rings. The standard InChI is InChI=1S/C21H21NO6/c1-22-9-3-4-13(22)16-18(25)21(27-2)19(26)17-14(24)10-15(28-20(16)17)11-5-7-12(23)8-6-11/h5-8,10,13,23,25-26H,3-4,9H2,1-2H3. The fourth-order valence-electron chi connectivity index (χ4n) is 3.91. The van der Waals surface area contributed by atoms with Crippen LogP contribution in [0.5, 0.6) is 23.0 Å². The van der Waals surface area contributed by atoms with Crippen LogP contribution in [0.4, 0.5) is 0 Å². The largest absolute Gasteiger partial charge is 0.508 e. The van der Waals surface area contributed by atoms with Gasteiger partial charge in [0, 0.05) is 17.7 Å². The summed E-state index contributed by atoms with van der Waals surface area (Å²) >= 11 is 0. The van der Waals surface area contributed by atoms with Crippen LogP contribution in [0.3, 0.4) is 0 Å². The predicted molar refractivity (Wildman–Crippen MR) is 104 cm³/mol. The minimum Gasteiger partial charge on any atom is -0.508 e. The van der Waals surface area contributed by atoms with E-state index in [-0.39, 0.29) is 40.0 Å². The summed E-state index contributed by atoms with van der Waals surface area (Å²) in [6, 6.07) is 7.36. The highest BCUT2D eigenvalue weighted by Crippen LogP contribution is 2.50. The minimum absolute atomic E-state index is 0.0209. The third-order valence-electron chi connectivity index (χ3n) is 5.32. The Bertz CT molecular complexity index is 1100. The zero-order valence-corrected chi connectivity index (χ0v) is 15.6. The smallest absolute Gasteiger partial charge is 0.204 e. The van der Waals surface area contributed by atoms with Gasteiger partial charge in [0.25, 0.3) is 0 Å². The molecule has 0 bridgehead atoms. The maximum Gasteiger partial charge on any atom is 0.204 e. The highest BCUT2D eigenvalue weighted by atomic mass is 16.5. The molecule has 4 rings (SSSR count). The van der Waals surface area contributed by atoms with Gasteiger partial charge in [-0.25, -0.2) is 0 Å². The Morgan fingerprint density at radius 3 is 2.46 bits per heavy atom. The lowest BCUT2D eigenvalue weighted by molar-refractivity contribution is 0.298. The fourth-order valence-corrected chi connectivity index (χ4v) is 3.91. The van der Waals surface area contributed by atoms with Crippen molar-refractivity contribution < 1.29 is 24.5 Å². The molecule has 0 spiro atoms. The summed E-state index contributed by atoms with van der Waals surface area (Å²) in [7, 11) is 3.26. The normalized spacial score (nSPS) is 17.3. The lowest BCUT2D eigenvalue weighted by atomic mass is 9.98. The van der Waals surface area contributed by atoms with Crippen LogP contribution in [-0.2, 0) is 0 Å². The number of phenolic OH excluding ortho intramolecular Hbond substituents is 3. The number of nitrogens with zero attached hydrogens (tertiary/aromatic N) is 1. The van der Waals surface area contributed by atoms with Crippen molar-refractivity contribution in [3.05, 3.63) is 46.1 Å². The summed E-state index contributed by atoms with van der Waals surface area (Å²) in [5, 5.41) is 30.9. The van der Waals surface area contributed by atoms with E-state index in [1.807, 2.05) is 7.05 Å². The van der Waals surface area contributed by atoms with Gasteiger partial charge >= 0.3 is 0 Å². The Balaban J connectivity index is 2.07. The number of fused-ring (bicyclic) bond motifs is 1. The van der Waals surface area contributed by atoms with E-state index in [1.165, 1.54) is 25.3 Å². The average Bonchev–Trinajstić information content (AvgIpc) is 3.08. The lowest BCUT2D eigenvalue weighted by Crippen LogP contribution is -2.18. The molecule has 2 heterocycles. The molecular weight excluding hydrogens is 362 g/mol. The van der Waals surface area contributed by atoms with Gasteiger partial charge in [0.1, 0.15) is 16.9 Å². The van der Waals surface area contributed by atoms with Crippen molar-refractivity contribution in [3.8, 4) is 34.3 Å². The van der Waals surface area contributed by atoms with Crippen LogP contribution < -0.4 is 10.2 Å². The second-order valence-corrected chi connectivity index (χ2v) is 7.01. The molecule has 146 valence electrons. The molecule has 1 atom stereocenters. The topological polar surface area (TPSA) is 103 Å². The number of benzene rings is 2. The first-order valence-electron chi connectivity index (χ1n) is 9.01. The van der Waals surface area contributed by atoms with E-state index in [0.717, 1.165) is 19.4 Å². The molecule has 1 aliphatic rings. The predicted octanol–water partition coefficient (Wildman–Crippen LogP) is 3.35. The van der Waals surface area contributed by atoms with E-state index >= 15 is 0 Å². The molecule has 2 aromatic carbocycles. The van der Waals surface area contributed by atoms with Crippen molar-refractivity contribution in [2.75, 3.05) is 20.7 Å². The number of hydrogen-bond donors (Lipinski definition) is 3. The molecule has 1 unspecified atom stereocenters. The van der Waals surface area contributed by atoms with Crippen molar-refractivity contribution in [2.45, 2.75) is 18.9 Å². The third kappa shape index (κ3) is 2.75. The van der Waals surface area contributed by atoms with Crippen molar-refractivity contribution in [1.29, 1.82) is 0 Å². The molecule has 28 heavy (non-hydrogen) atoms. The lowest BCUT2D eigenvalue weighted by Gasteiger charge is -2.23. The van der Waals surface area contributed by atoms with E-state index in [0.29, 0.717) is 11.1 Å². The summed E-state index contributed by atoms with van der Waals surface area (Å²) in [5.74, 6) is -0.418. The zero-order valence-electron chi connectivity index (χ0n) is 15.6. The van der Waals surface area contributed by atoms with E-state index in [4.69, 9.17) is 9.15 Å². The monoisotopic (exact) mass is 383 g/mol. The van der Waals surface area contributed by atoms with Gasteiger partial charge in [-0.05, 0) is 50.7 Å². The maximum atomic E-state index is 12.9. The Hall–Kier alpha value is -3.19. The third-order valence-corrected chi connectivity index (χ3v) is 5.32. The maximum absolute atomic E-state index is 12.9. The fraction of sp³-hybridized carbons (Fsp3) is 0.286. The molecular formula is C21H21NO6. The van der Waals surface area contributed by atoms with Crippen LogP contribution in [0.25, 0.3) is 22.3 Å². The van der Waals surface area contributed by atoms with Crippen LogP contribution in [0.2, 0.25) is 0 Å². The van der Waals surface area contributed by atoms with E-state index in [1.54, 1.807) is 12.1 Å². The molecule has 0 saturated carbocycles. The van der Waals surface area contributed by atoms with Gasteiger partial charge < -0.3 is 24.5 Å². The Kier molecular flexibility index (Phi) is 4.39. The molecule has 3 N–H and O–H groups in total. The SMILES string of the molecule is COc1c(O)c(C2CCCN2C)c2oc(-c3ccc(O)cc3)cc(=O)c2c1O. The summed E-state index contributed by atoms with van der Waals surface area (Å²) in [6.45, 7) is 0.844. The average molecular weight is 383 g/mol. The molecule has 1 aliphatic heterocycles. The molecule has 1 saturated heterocycles. The van der Waals surface area contributed by atoms with Crippen molar-refractivity contribution >= 4 is 11.0 Å². The Labute approximate surface area is 161 Å². The minimum atomic E-state index is -0.443. The highest BCUT2D eigenvalue weighted by Gasteiger charge is 2.33. The summed E-state index contributed by atoms with van der Waals surface area (Å²) in [4.78, 5) is 14.9. The quantitative estimate of drug-likeness (QED) is 0.637. The van der Waals surface area contributed by atoms with Crippen LogP contribution in [-0.4, -0.2) is 40.9 Å². The highest BCUT2D eigenvalue weighted by molar-refractivity contribution is 5.93. The number of likely N-dealkylation sites (tertiary alicyclic amines) is 1. The second-order valence-electron chi connectivity index (χ2n) is 7.01. The van der Waals surface area contributed by atoms with E-state index in [9.17, 15) is 20.1 Å². The summed E-state index contributed by atoms with van der Waals surface area (Å²) in [5.41, 5.74) is 0.729. The first-order chi connectivity index (χ1) is 13.4. The molecule has 3 aromatic rings.